The maximum Gasteiger partial charge on any atom is 0.203 e. The normalized spacial score (nSPS) is 20.0. The van der Waals surface area contributed by atoms with Crippen LogP contribution in [0.4, 0.5) is 0 Å². The van der Waals surface area contributed by atoms with E-state index >= 15 is 0 Å². The Morgan fingerprint density at radius 2 is 1.42 bits per heavy atom. The summed E-state index contributed by atoms with van der Waals surface area (Å²) in [6.45, 7) is 1.93. The number of ether oxygens (including phenoxy) is 5. The van der Waals surface area contributed by atoms with Crippen molar-refractivity contribution in [1.82, 2.24) is 0 Å². The molecular formula is C24H34NO6+. The van der Waals surface area contributed by atoms with Crippen molar-refractivity contribution in [2.45, 2.75) is 18.9 Å². The van der Waals surface area contributed by atoms with Gasteiger partial charge < -0.3 is 33.3 Å². The minimum atomic E-state index is 0.00353. The Balaban J connectivity index is 2.25. The van der Waals surface area contributed by atoms with Crippen molar-refractivity contribution in [1.29, 1.82) is 0 Å². The molecule has 2 atom stereocenters. The van der Waals surface area contributed by atoms with Crippen molar-refractivity contribution in [2.75, 3.05) is 62.3 Å². The van der Waals surface area contributed by atoms with Crippen LogP contribution in [-0.2, 0) is 6.42 Å². The van der Waals surface area contributed by atoms with Crippen LogP contribution in [0.15, 0.2) is 24.3 Å². The van der Waals surface area contributed by atoms with Crippen LogP contribution in [0.1, 0.15) is 29.2 Å². The fraction of sp³-hybridized carbons (Fsp3) is 0.500. The number of aliphatic hydroxyl groups is 1. The molecule has 0 fully saturated rings. The molecule has 0 saturated heterocycles. The molecule has 0 aromatic heterocycles. The van der Waals surface area contributed by atoms with Crippen LogP contribution in [0.5, 0.6) is 28.7 Å². The van der Waals surface area contributed by atoms with Gasteiger partial charge >= 0.3 is 0 Å². The summed E-state index contributed by atoms with van der Waals surface area (Å²) in [5.74, 6) is 3.25. The third-order valence-electron chi connectivity index (χ3n) is 6.29. The summed E-state index contributed by atoms with van der Waals surface area (Å²) >= 11 is 0. The zero-order valence-electron chi connectivity index (χ0n) is 19.4. The molecule has 31 heavy (non-hydrogen) atoms. The topological polar surface area (TPSA) is 66.4 Å². The van der Waals surface area contributed by atoms with Crippen molar-refractivity contribution in [3.05, 3.63) is 41.0 Å². The number of hydrogen-bond acceptors (Lipinski definition) is 6. The number of benzene rings is 2. The first-order chi connectivity index (χ1) is 15.0. The van der Waals surface area contributed by atoms with E-state index in [0.29, 0.717) is 23.0 Å². The van der Waals surface area contributed by atoms with Crippen LogP contribution in [0, 0.1) is 0 Å². The minimum absolute atomic E-state index is 0.00353. The van der Waals surface area contributed by atoms with Gasteiger partial charge in [-0.3, -0.25) is 0 Å². The molecule has 1 N–H and O–H groups in total. The minimum Gasteiger partial charge on any atom is -0.493 e. The van der Waals surface area contributed by atoms with Gasteiger partial charge in [-0.15, -0.1) is 0 Å². The molecule has 0 unspecified atom stereocenters. The third-order valence-corrected chi connectivity index (χ3v) is 6.29. The molecule has 0 bridgehead atoms. The van der Waals surface area contributed by atoms with Gasteiger partial charge in [-0.05, 0) is 29.8 Å². The highest BCUT2D eigenvalue weighted by atomic mass is 16.5. The van der Waals surface area contributed by atoms with Crippen LogP contribution in [0.25, 0.3) is 0 Å². The zero-order valence-corrected chi connectivity index (χ0v) is 19.4. The van der Waals surface area contributed by atoms with Gasteiger partial charge in [0.1, 0.15) is 6.04 Å². The van der Waals surface area contributed by atoms with Crippen LogP contribution in [0.3, 0.4) is 0 Å². The molecule has 0 spiro atoms. The number of rotatable bonds is 9. The molecule has 0 saturated carbocycles. The van der Waals surface area contributed by atoms with Gasteiger partial charge in [-0.25, -0.2) is 0 Å². The molecule has 1 aliphatic heterocycles. The molecule has 2 aromatic rings. The van der Waals surface area contributed by atoms with E-state index in [4.69, 9.17) is 23.7 Å². The van der Waals surface area contributed by atoms with Gasteiger partial charge in [-0.1, -0.05) is 0 Å². The number of likely N-dealkylation sites (N-methyl/N-ethyl adjacent to an activating group) is 1. The molecule has 0 aliphatic carbocycles. The lowest BCUT2D eigenvalue weighted by molar-refractivity contribution is -0.935. The van der Waals surface area contributed by atoms with E-state index in [1.165, 1.54) is 11.1 Å². The summed E-state index contributed by atoms with van der Waals surface area (Å²) in [5.41, 5.74) is 3.47. The van der Waals surface area contributed by atoms with Gasteiger partial charge in [0.25, 0.3) is 0 Å². The van der Waals surface area contributed by atoms with Gasteiger partial charge in [0, 0.05) is 30.6 Å². The smallest absolute Gasteiger partial charge is 0.203 e. The Morgan fingerprint density at radius 1 is 0.839 bits per heavy atom. The predicted octanol–water partition coefficient (Wildman–Crippen LogP) is 3.20. The number of hydrogen-bond donors (Lipinski definition) is 1. The third kappa shape index (κ3) is 4.25. The Kier molecular flexibility index (Phi) is 7.18. The highest BCUT2D eigenvalue weighted by molar-refractivity contribution is 5.57. The second kappa shape index (κ2) is 9.66. The summed E-state index contributed by atoms with van der Waals surface area (Å²) in [4.78, 5) is 0. The van der Waals surface area contributed by atoms with E-state index in [1.54, 1.807) is 35.5 Å². The lowest BCUT2D eigenvalue weighted by Crippen LogP contribution is -2.52. The molecule has 7 heteroatoms. The number of aliphatic hydroxyl groups excluding tert-OH is 1. The van der Waals surface area contributed by atoms with E-state index in [1.807, 2.05) is 12.1 Å². The van der Waals surface area contributed by atoms with Crippen LogP contribution in [-0.4, -0.2) is 71.9 Å². The Hall–Kier alpha value is -2.64. The van der Waals surface area contributed by atoms with Gasteiger partial charge in [-0.2, -0.15) is 0 Å². The highest BCUT2D eigenvalue weighted by Crippen LogP contribution is 2.48. The quantitative estimate of drug-likeness (QED) is 0.614. The fourth-order valence-electron chi connectivity index (χ4n) is 4.72. The van der Waals surface area contributed by atoms with E-state index in [0.717, 1.165) is 41.7 Å². The first-order valence-electron chi connectivity index (χ1n) is 10.5. The second-order valence-corrected chi connectivity index (χ2v) is 8.02. The molecular weight excluding hydrogens is 398 g/mol. The molecule has 3 rings (SSSR count). The number of quaternary nitrogens is 1. The van der Waals surface area contributed by atoms with Crippen molar-refractivity contribution in [2.24, 2.45) is 0 Å². The Morgan fingerprint density at radius 3 is 1.94 bits per heavy atom. The average Bonchev–Trinajstić information content (AvgIpc) is 2.80. The Bertz CT molecular complexity index is 890. The standard InChI is InChI=1S/C24H34NO6/c1-25(9-7-11-26)10-8-16-12-19(27-2)20(28-3)15-18(16)23(25)17-13-21(29-4)24(31-6)22(14-17)30-5/h12-15,23,26H,7-11H2,1-6H3/q+1/t23-,25-/m1/s1. The van der Waals surface area contributed by atoms with Crippen molar-refractivity contribution in [3.63, 3.8) is 0 Å². The SMILES string of the molecule is COc1cc2c(cc1OC)[C@@H](c1cc(OC)c(OC)c(OC)c1)[N@+](C)(CCCO)CC2. The first-order valence-corrected chi connectivity index (χ1v) is 10.5. The zero-order chi connectivity index (χ0) is 22.6. The summed E-state index contributed by atoms with van der Waals surface area (Å²) in [6.07, 6.45) is 1.64. The molecule has 1 aliphatic rings. The average molecular weight is 433 g/mol. The summed E-state index contributed by atoms with van der Waals surface area (Å²) in [6, 6.07) is 8.20. The van der Waals surface area contributed by atoms with E-state index in [2.05, 4.69) is 19.2 Å². The number of methoxy groups -OCH3 is 5. The lowest BCUT2D eigenvalue weighted by atomic mass is 9.85. The largest absolute Gasteiger partial charge is 0.493 e. The molecule has 0 amide bonds. The maximum atomic E-state index is 9.54. The van der Waals surface area contributed by atoms with E-state index in [-0.39, 0.29) is 12.6 Å². The Labute approximate surface area is 184 Å². The van der Waals surface area contributed by atoms with E-state index < -0.39 is 0 Å². The molecule has 2 aromatic carbocycles. The van der Waals surface area contributed by atoms with Crippen LogP contribution >= 0.6 is 0 Å². The summed E-state index contributed by atoms with van der Waals surface area (Å²) < 4.78 is 28.7. The first kappa shape index (κ1) is 23.0. The summed E-state index contributed by atoms with van der Waals surface area (Å²) in [5, 5.41) is 9.54. The van der Waals surface area contributed by atoms with Crippen LogP contribution in [0.2, 0.25) is 0 Å². The van der Waals surface area contributed by atoms with Crippen molar-refractivity contribution >= 4 is 0 Å². The molecule has 0 radical (unpaired) electrons. The predicted molar refractivity (Wildman–Crippen MR) is 119 cm³/mol. The number of nitrogens with zero attached hydrogens (tertiary/aromatic N) is 1. The van der Waals surface area contributed by atoms with Crippen molar-refractivity contribution in [3.8, 4) is 28.7 Å². The maximum absolute atomic E-state index is 9.54. The van der Waals surface area contributed by atoms with Crippen LogP contribution < -0.4 is 23.7 Å². The highest BCUT2D eigenvalue weighted by Gasteiger charge is 2.41. The molecule has 170 valence electrons. The molecule has 7 nitrogen and oxygen atoms in total. The van der Waals surface area contributed by atoms with Gasteiger partial charge in [0.05, 0.1) is 55.7 Å². The lowest BCUT2D eigenvalue weighted by Gasteiger charge is -2.46. The monoisotopic (exact) mass is 432 g/mol. The number of fused-ring (bicyclic) bond motifs is 1. The summed E-state index contributed by atoms with van der Waals surface area (Å²) in [7, 11) is 10.4. The second-order valence-electron chi connectivity index (χ2n) is 8.02. The van der Waals surface area contributed by atoms with Gasteiger partial charge in [0.2, 0.25) is 5.75 Å². The fourth-order valence-corrected chi connectivity index (χ4v) is 4.72. The molecule has 1 heterocycles. The van der Waals surface area contributed by atoms with Gasteiger partial charge in [0.15, 0.2) is 23.0 Å². The van der Waals surface area contributed by atoms with E-state index in [9.17, 15) is 5.11 Å². The van der Waals surface area contributed by atoms with Crippen molar-refractivity contribution < 1.29 is 33.3 Å².